The van der Waals surface area contributed by atoms with E-state index in [1.54, 1.807) is 18.1 Å². The predicted molar refractivity (Wildman–Crippen MR) is 93.5 cm³/mol. The molecule has 2 aromatic carbocycles. The molecule has 6 heteroatoms. The standard InChI is InChI=1S/C20H21F2NO3/c1-25-16-5-2-6-17(11-16)26-13-14-4-3-9-23(12-14)20(24)18-8-7-15(21)10-19(18)22/h2,5-8,10-11,14H,3-4,9,12-13H2,1H3. The molecule has 0 saturated carbocycles. The summed E-state index contributed by atoms with van der Waals surface area (Å²) >= 11 is 0. The summed E-state index contributed by atoms with van der Waals surface area (Å²) in [5.74, 6) is -0.352. The molecule has 0 spiro atoms. The molecule has 1 fully saturated rings. The highest BCUT2D eigenvalue weighted by atomic mass is 19.1. The van der Waals surface area contributed by atoms with Crippen molar-refractivity contribution in [3.63, 3.8) is 0 Å². The number of halogens is 2. The number of rotatable bonds is 5. The van der Waals surface area contributed by atoms with E-state index in [2.05, 4.69) is 0 Å². The van der Waals surface area contributed by atoms with Gasteiger partial charge in [-0.1, -0.05) is 6.07 Å². The number of hydrogen-bond acceptors (Lipinski definition) is 3. The van der Waals surface area contributed by atoms with E-state index < -0.39 is 17.5 Å². The molecular formula is C20H21F2NO3. The Kier molecular flexibility index (Phi) is 5.71. The van der Waals surface area contributed by atoms with E-state index in [0.29, 0.717) is 25.4 Å². The van der Waals surface area contributed by atoms with E-state index >= 15 is 0 Å². The van der Waals surface area contributed by atoms with E-state index in [-0.39, 0.29) is 11.5 Å². The molecule has 1 saturated heterocycles. The molecule has 1 aliphatic heterocycles. The maximum absolute atomic E-state index is 13.9. The SMILES string of the molecule is COc1cccc(OCC2CCCN(C(=O)c3ccc(F)cc3F)C2)c1. The fraction of sp³-hybridized carbons (Fsp3) is 0.350. The van der Waals surface area contributed by atoms with Gasteiger partial charge in [-0.05, 0) is 37.1 Å². The second kappa shape index (κ2) is 8.17. The van der Waals surface area contributed by atoms with Gasteiger partial charge in [0.25, 0.3) is 5.91 Å². The summed E-state index contributed by atoms with van der Waals surface area (Å²) in [5, 5.41) is 0. The number of benzene rings is 2. The third-order valence-corrected chi connectivity index (χ3v) is 4.49. The van der Waals surface area contributed by atoms with Crippen LogP contribution in [0.25, 0.3) is 0 Å². The molecule has 0 aliphatic carbocycles. The molecule has 0 aromatic heterocycles. The topological polar surface area (TPSA) is 38.8 Å². The zero-order chi connectivity index (χ0) is 18.5. The molecule has 3 rings (SSSR count). The number of hydrogen-bond donors (Lipinski definition) is 0. The first kappa shape index (κ1) is 18.2. The van der Waals surface area contributed by atoms with Gasteiger partial charge in [0, 0.05) is 31.1 Å². The molecule has 2 aromatic rings. The first-order valence-corrected chi connectivity index (χ1v) is 8.58. The van der Waals surface area contributed by atoms with Gasteiger partial charge < -0.3 is 14.4 Å². The maximum atomic E-state index is 13.9. The van der Waals surface area contributed by atoms with Crippen LogP contribution in [0.5, 0.6) is 11.5 Å². The highest BCUT2D eigenvalue weighted by Gasteiger charge is 2.26. The minimum atomic E-state index is -0.829. The molecule has 1 atom stereocenters. The monoisotopic (exact) mass is 361 g/mol. The van der Waals surface area contributed by atoms with Gasteiger partial charge in [-0.25, -0.2) is 8.78 Å². The van der Waals surface area contributed by atoms with E-state index in [0.717, 1.165) is 30.7 Å². The van der Waals surface area contributed by atoms with E-state index in [1.165, 1.54) is 6.07 Å². The molecule has 26 heavy (non-hydrogen) atoms. The molecule has 1 amide bonds. The zero-order valence-corrected chi connectivity index (χ0v) is 14.6. The van der Waals surface area contributed by atoms with Crippen LogP contribution in [0, 0.1) is 17.6 Å². The average Bonchev–Trinajstić information content (AvgIpc) is 2.66. The van der Waals surface area contributed by atoms with Crippen LogP contribution in [-0.2, 0) is 0 Å². The number of piperidine rings is 1. The van der Waals surface area contributed by atoms with Crippen molar-refractivity contribution in [2.75, 3.05) is 26.8 Å². The number of methoxy groups -OCH3 is 1. The lowest BCUT2D eigenvalue weighted by molar-refractivity contribution is 0.0628. The Morgan fingerprint density at radius 2 is 2.00 bits per heavy atom. The highest BCUT2D eigenvalue weighted by molar-refractivity contribution is 5.94. The third kappa shape index (κ3) is 4.31. The molecule has 1 heterocycles. The average molecular weight is 361 g/mol. The van der Waals surface area contributed by atoms with Crippen LogP contribution < -0.4 is 9.47 Å². The Morgan fingerprint density at radius 1 is 1.19 bits per heavy atom. The number of likely N-dealkylation sites (tertiary alicyclic amines) is 1. The lowest BCUT2D eigenvalue weighted by Gasteiger charge is -2.32. The van der Waals surface area contributed by atoms with Gasteiger partial charge in [-0.15, -0.1) is 0 Å². The van der Waals surface area contributed by atoms with E-state index in [4.69, 9.17) is 9.47 Å². The Hall–Kier alpha value is -2.63. The summed E-state index contributed by atoms with van der Waals surface area (Å²) < 4.78 is 37.9. The van der Waals surface area contributed by atoms with Crippen LogP contribution in [0.2, 0.25) is 0 Å². The van der Waals surface area contributed by atoms with E-state index in [1.807, 2.05) is 18.2 Å². The Morgan fingerprint density at radius 3 is 2.77 bits per heavy atom. The van der Waals surface area contributed by atoms with Gasteiger partial charge in [0.05, 0.1) is 19.3 Å². The number of nitrogens with zero attached hydrogens (tertiary/aromatic N) is 1. The van der Waals surface area contributed by atoms with Gasteiger partial charge >= 0.3 is 0 Å². The van der Waals surface area contributed by atoms with Crippen molar-refractivity contribution in [3.8, 4) is 11.5 Å². The minimum Gasteiger partial charge on any atom is -0.497 e. The Labute approximate surface area is 151 Å². The molecule has 1 unspecified atom stereocenters. The van der Waals surface area contributed by atoms with Crippen LogP contribution >= 0.6 is 0 Å². The maximum Gasteiger partial charge on any atom is 0.256 e. The van der Waals surface area contributed by atoms with Crippen LogP contribution in [0.3, 0.4) is 0 Å². The smallest absolute Gasteiger partial charge is 0.256 e. The molecule has 0 bridgehead atoms. The minimum absolute atomic E-state index is 0.0965. The molecule has 0 radical (unpaired) electrons. The lowest BCUT2D eigenvalue weighted by atomic mass is 9.98. The number of ether oxygens (including phenoxy) is 2. The molecule has 0 N–H and O–H groups in total. The first-order valence-electron chi connectivity index (χ1n) is 8.58. The molecule has 4 nitrogen and oxygen atoms in total. The highest BCUT2D eigenvalue weighted by Crippen LogP contribution is 2.23. The van der Waals surface area contributed by atoms with Crippen molar-refractivity contribution >= 4 is 5.91 Å². The molecule has 138 valence electrons. The quantitative estimate of drug-likeness (QED) is 0.811. The van der Waals surface area contributed by atoms with E-state index in [9.17, 15) is 13.6 Å². The van der Waals surface area contributed by atoms with Gasteiger partial charge in [-0.2, -0.15) is 0 Å². The summed E-state index contributed by atoms with van der Waals surface area (Å²) in [7, 11) is 1.60. The van der Waals surface area contributed by atoms with Crippen LogP contribution in [0.15, 0.2) is 42.5 Å². The number of carbonyl (C=O) groups is 1. The van der Waals surface area contributed by atoms with Crippen LogP contribution in [0.4, 0.5) is 8.78 Å². The van der Waals surface area contributed by atoms with Crippen molar-refractivity contribution in [2.24, 2.45) is 5.92 Å². The number of amides is 1. The van der Waals surface area contributed by atoms with Crippen LogP contribution in [-0.4, -0.2) is 37.6 Å². The van der Waals surface area contributed by atoms with Crippen molar-refractivity contribution < 1.29 is 23.0 Å². The Bertz CT molecular complexity index is 781. The van der Waals surface area contributed by atoms with Crippen molar-refractivity contribution in [3.05, 3.63) is 59.7 Å². The summed E-state index contributed by atoms with van der Waals surface area (Å²) in [5.41, 5.74) is -0.0965. The second-order valence-electron chi connectivity index (χ2n) is 6.37. The first-order chi connectivity index (χ1) is 12.6. The summed E-state index contributed by atoms with van der Waals surface area (Å²) in [4.78, 5) is 14.2. The fourth-order valence-electron chi connectivity index (χ4n) is 3.12. The Balaban J connectivity index is 1.60. The summed E-state index contributed by atoms with van der Waals surface area (Å²) in [6, 6.07) is 10.4. The predicted octanol–water partition coefficient (Wildman–Crippen LogP) is 3.90. The van der Waals surface area contributed by atoms with Crippen molar-refractivity contribution in [2.45, 2.75) is 12.8 Å². The normalized spacial score (nSPS) is 17.0. The third-order valence-electron chi connectivity index (χ3n) is 4.49. The van der Waals surface area contributed by atoms with Crippen molar-refractivity contribution in [1.82, 2.24) is 4.90 Å². The van der Waals surface area contributed by atoms with Gasteiger partial charge in [0.2, 0.25) is 0 Å². The summed E-state index contributed by atoms with van der Waals surface area (Å²) in [6.45, 7) is 1.51. The van der Waals surface area contributed by atoms with Crippen LogP contribution in [0.1, 0.15) is 23.2 Å². The fourth-order valence-corrected chi connectivity index (χ4v) is 3.12. The number of carbonyl (C=O) groups excluding carboxylic acids is 1. The van der Waals surface area contributed by atoms with Gasteiger partial charge in [-0.3, -0.25) is 4.79 Å². The second-order valence-corrected chi connectivity index (χ2v) is 6.37. The van der Waals surface area contributed by atoms with Gasteiger partial charge in [0.15, 0.2) is 0 Å². The molecule has 1 aliphatic rings. The molecular weight excluding hydrogens is 340 g/mol. The lowest BCUT2D eigenvalue weighted by Crippen LogP contribution is -2.41. The van der Waals surface area contributed by atoms with Gasteiger partial charge in [0.1, 0.15) is 23.1 Å². The van der Waals surface area contributed by atoms with Crippen molar-refractivity contribution in [1.29, 1.82) is 0 Å². The zero-order valence-electron chi connectivity index (χ0n) is 14.6. The largest absolute Gasteiger partial charge is 0.497 e. The summed E-state index contributed by atoms with van der Waals surface area (Å²) in [6.07, 6.45) is 1.75.